The monoisotopic (exact) mass is 276 g/mol. The van der Waals surface area contributed by atoms with Gasteiger partial charge in [-0.25, -0.2) is 8.78 Å². The van der Waals surface area contributed by atoms with Crippen LogP contribution in [-0.2, 0) is 11.2 Å². The van der Waals surface area contributed by atoms with Crippen molar-refractivity contribution < 1.29 is 13.6 Å². The number of nitrogen functional groups attached to an aromatic ring is 1. The second-order valence-electron chi connectivity index (χ2n) is 4.35. The molecule has 0 radical (unpaired) electrons. The molecule has 0 spiro atoms. The minimum atomic E-state index is -1.06. The van der Waals surface area contributed by atoms with Crippen molar-refractivity contribution in [2.75, 3.05) is 11.1 Å². The summed E-state index contributed by atoms with van der Waals surface area (Å²) in [7, 11) is 0. The van der Waals surface area contributed by atoms with Crippen molar-refractivity contribution in [1.82, 2.24) is 0 Å². The molecule has 0 aromatic heterocycles. The summed E-state index contributed by atoms with van der Waals surface area (Å²) in [6, 6.07) is 10.9. The molecule has 0 unspecified atom stereocenters. The molecular formula is C15H14F2N2O. The van der Waals surface area contributed by atoms with Gasteiger partial charge >= 0.3 is 0 Å². The van der Waals surface area contributed by atoms with E-state index >= 15 is 0 Å². The Kier molecular flexibility index (Phi) is 4.30. The molecule has 0 saturated carbocycles. The zero-order valence-electron chi connectivity index (χ0n) is 10.7. The molecular weight excluding hydrogens is 262 g/mol. The van der Waals surface area contributed by atoms with Gasteiger partial charge < -0.3 is 11.1 Å². The van der Waals surface area contributed by atoms with E-state index in [0.29, 0.717) is 12.1 Å². The van der Waals surface area contributed by atoms with Crippen molar-refractivity contribution in [2.24, 2.45) is 0 Å². The first-order valence-electron chi connectivity index (χ1n) is 6.15. The zero-order valence-corrected chi connectivity index (χ0v) is 10.7. The Balaban J connectivity index is 1.96. The van der Waals surface area contributed by atoms with Crippen molar-refractivity contribution in [3.63, 3.8) is 0 Å². The molecule has 2 aromatic rings. The molecule has 20 heavy (non-hydrogen) atoms. The molecule has 0 aliphatic heterocycles. The number of carbonyl (C=O) groups excluding carboxylic acids is 1. The van der Waals surface area contributed by atoms with E-state index in [-0.39, 0.29) is 12.1 Å². The maximum atomic E-state index is 13.4. The average Bonchev–Trinajstić information content (AvgIpc) is 2.43. The Bertz CT molecular complexity index is 629. The van der Waals surface area contributed by atoms with Gasteiger partial charge in [0.25, 0.3) is 0 Å². The highest BCUT2D eigenvalue weighted by atomic mass is 19.2. The van der Waals surface area contributed by atoms with Crippen LogP contribution < -0.4 is 11.1 Å². The van der Waals surface area contributed by atoms with E-state index in [1.165, 1.54) is 12.1 Å². The molecule has 0 aliphatic rings. The summed E-state index contributed by atoms with van der Waals surface area (Å²) < 4.78 is 26.4. The van der Waals surface area contributed by atoms with Gasteiger partial charge in [0.2, 0.25) is 5.91 Å². The number of para-hydroxylation sites is 1. The highest BCUT2D eigenvalue weighted by Gasteiger charge is 2.11. The van der Waals surface area contributed by atoms with E-state index in [2.05, 4.69) is 5.32 Å². The van der Waals surface area contributed by atoms with Gasteiger partial charge in [-0.05, 0) is 30.2 Å². The Labute approximate surface area is 115 Å². The lowest BCUT2D eigenvalue weighted by Crippen LogP contribution is -2.14. The molecule has 2 rings (SSSR count). The summed E-state index contributed by atoms with van der Waals surface area (Å²) in [6.45, 7) is 0. The maximum absolute atomic E-state index is 13.4. The van der Waals surface area contributed by atoms with E-state index in [4.69, 9.17) is 5.73 Å². The van der Waals surface area contributed by atoms with E-state index in [0.717, 1.165) is 11.6 Å². The van der Waals surface area contributed by atoms with Crippen LogP contribution in [0.25, 0.3) is 0 Å². The average molecular weight is 276 g/mol. The van der Waals surface area contributed by atoms with Crippen LogP contribution in [0, 0.1) is 11.6 Å². The van der Waals surface area contributed by atoms with Crippen LogP contribution in [0.2, 0.25) is 0 Å². The molecule has 3 N–H and O–H groups in total. The molecule has 0 bridgehead atoms. The number of aryl methyl sites for hydroxylation is 1. The lowest BCUT2D eigenvalue weighted by Gasteiger charge is -2.08. The van der Waals surface area contributed by atoms with Gasteiger partial charge in [0.05, 0.1) is 5.69 Å². The van der Waals surface area contributed by atoms with Crippen LogP contribution in [0.4, 0.5) is 20.2 Å². The fourth-order valence-electron chi connectivity index (χ4n) is 1.82. The normalized spacial score (nSPS) is 10.3. The summed E-state index contributed by atoms with van der Waals surface area (Å²) >= 11 is 0. The standard InChI is InChI=1S/C15H14F2N2O/c16-11-5-3-7-13(15(11)17)19-14(20)9-8-10-4-1-2-6-12(10)18/h1-7H,8-9,18H2,(H,19,20). The smallest absolute Gasteiger partial charge is 0.224 e. The van der Waals surface area contributed by atoms with Crippen LogP contribution in [0.1, 0.15) is 12.0 Å². The molecule has 5 heteroatoms. The van der Waals surface area contributed by atoms with Crippen molar-refractivity contribution in [3.05, 3.63) is 59.7 Å². The van der Waals surface area contributed by atoms with Gasteiger partial charge in [-0.1, -0.05) is 24.3 Å². The third kappa shape index (κ3) is 3.32. The molecule has 3 nitrogen and oxygen atoms in total. The lowest BCUT2D eigenvalue weighted by atomic mass is 10.1. The fourth-order valence-corrected chi connectivity index (χ4v) is 1.82. The third-order valence-electron chi connectivity index (χ3n) is 2.90. The molecule has 0 atom stereocenters. The van der Waals surface area contributed by atoms with Crippen LogP contribution in [0.15, 0.2) is 42.5 Å². The summed E-state index contributed by atoms with van der Waals surface area (Å²) in [5.41, 5.74) is 7.06. The summed E-state index contributed by atoms with van der Waals surface area (Å²) in [4.78, 5) is 11.7. The first-order chi connectivity index (χ1) is 9.58. The van der Waals surface area contributed by atoms with E-state index in [1.807, 2.05) is 12.1 Å². The van der Waals surface area contributed by atoms with Crippen LogP contribution >= 0.6 is 0 Å². The number of hydrogen-bond donors (Lipinski definition) is 2. The van der Waals surface area contributed by atoms with E-state index < -0.39 is 17.5 Å². The second-order valence-corrected chi connectivity index (χ2v) is 4.35. The number of halogens is 2. The van der Waals surface area contributed by atoms with Gasteiger partial charge in [-0.2, -0.15) is 0 Å². The van der Waals surface area contributed by atoms with Gasteiger partial charge in [-0.15, -0.1) is 0 Å². The zero-order chi connectivity index (χ0) is 14.5. The lowest BCUT2D eigenvalue weighted by molar-refractivity contribution is -0.116. The predicted octanol–water partition coefficient (Wildman–Crippen LogP) is 3.12. The van der Waals surface area contributed by atoms with Gasteiger partial charge in [0.1, 0.15) is 0 Å². The van der Waals surface area contributed by atoms with Crippen molar-refractivity contribution >= 4 is 17.3 Å². The summed E-state index contributed by atoms with van der Waals surface area (Å²) in [5, 5.41) is 2.35. The molecule has 2 aromatic carbocycles. The minimum Gasteiger partial charge on any atom is -0.399 e. The molecule has 1 amide bonds. The van der Waals surface area contributed by atoms with Gasteiger partial charge in [0, 0.05) is 12.1 Å². The number of carbonyl (C=O) groups is 1. The number of rotatable bonds is 4. The first kappa shape index (κ1) is 14.0. The SMILES string of the molecule is Nc1ccccc1CCC(=O)Nc1cccc(F)c1F. The molecule has 0 fully saturated rings. The number of nitrogens with one attached hydrogen (secondary N) is 1. The first-order valence-corrected chi connectivity index (χ1v) is 6.15. The molecule has 0 aliphatic carbocycles. The second kappa shape index (κ2) is 6.14. The number of benzene rings is 2. The Morgan fingerprint density at radius 2 is 1.85 bits per heavy atom. The quantitative estimate of drug-likeness (QED) is 0.843. The maximum Gasteiger partial charge on any atom is 0.224 e. The van der Waals surface area contributed by atoms with Crippen LogP contribution in [0.5, 0.6) is 0 Å². The third-order valence-corrected chi connectivity index (χ3v) is 2.90. The van der Waals surface area contributed by atoms with Crippen molar-refractivity contribution in [3.8, 4) is 0 Å². The van der Waals surface area contributed by atoms with E-state index in [1.54, 1.807) is 12.1 Å². The molecule has 104 valence electrons. The largest absolute Gasteiger partial charge is 0.399 e. The topological polar surface area (TPSA) is 55.1 Å². The highest BCUT2D eigenvalue weighted by Crippen LogP contribution is 2.17. The van der Waals surface area contributed by atoms with E-state index in [9.17, 15) is 13.6 Å². The summed E-state index contributed by atoms with van der Waals surface area (Å²) in [5.74, 6) is -2.44. The Morgan fingerprint density at radius 3 is 2.60 bits per heavy atom. The fraction of sp³-hybridized carbons (Fsp3) is 0.133. The number of amides is 1. The van der Waals surface area contributed by atoms with Gasteiger partial charge in [-0.3, -0.25) is 4.79 Å². The summed E-state index contributed by atoms with van der Waals surface area (Å²) in [6.07, 6.45) is 0.583. The Hall–Kier alpha value is -2.43. The predicted molar refractivity (Wildman–Crippen MR) is 74.2 cm³/mol. The highest BCUT2D eigenvalue weighted by molar-refractivity contribution is 5.91. The number of nitrogens with two attached hydrogens (primary N) is 1. The number of hydrogen-bond acceptors (Lipinski definition) is 2. The van der Waals surface area contributed by atoms with Crippen LogP contribution in [-0.4, -0.2) is 5.91 Å². The van der Waals surface area contributed by atoms with Crippen LogP contribution in [0.3, 0.4) is 0 Å². The van der Waals surface area contributed by atoms with Crippen molar-refractivity contribution in [2.45, 2.75) is 12.8 Å². The van der Waals surface area contributed by atoms with Gasteiger partial charge in [0.15, 0.2) is 11.6 Å². The molecule has 0 saturated heterocycles. The minimum absolute atomic E-state index is 0.143. The van der Waals surface area contributed by atoms with Crippen molar-refractivity contribution in [1.29, 1.82) is 0 Å². The Morgan fingerprint density at radius 1 is 1.10 bits per heavy atom. The molecule has 0 heterocycles. The number of anilines is 2.